The maximum Gasteiger partial charge on any atom is 0.351 e. The molecule has 4 rings (SSSR count). The van der Waals surface area contributed by atoms with E-state index in [1.807, 2.05) is 6.92 Å². The van der Waals surface area contributed by atoms with Crippen molar-refractivity contribution in [1.29, 1.82) is 0 Å². The van der Waals surface area contributed by atoms with Crippen LogP contribution in [0, 0.1) is 0 Å². The number of rotatable bonds is 7. The number of carbonyl (C=O) groups excluding carboxylic acids is 2. The van der Waals surface area contributed by atoms with Gasteiger partial charge in [0.15, 0.2) is 12.2 Å². The Morgan fingerprint density at radius 1 is 0.886 bits per heavy atom. The van der Waals surface area contributed by atoms with Crippen LogP contribution in [0.3, 0.4) is 0 Å². The minimum atomic E-state index is -1.88. The van der Waals surface area contributed by atoms with Crippen LogP contribution in [0.2, 0.25) is 10.0 Å². The molecule has 35 heavy (non-hydrogen) atoms. The Morgan fingerprint density at radius 2 is 1.29 bits per heavy atom. The molecule has 0 aromatic heterocycles. The summed E-state index contributed by atoms with van der Waals surface area (Å²) in [4.78, 5) is 42.9. The molecule has 2 heterocycles. The number of aliphatic carboxylic acids is 1. The quantitative estimate of drug-likeness (QED) is 0.590. The lowest BCUT2D eigenvalue weighted by Crippen LogP contribution is -2.72. The number of amides is 2. The van der Waals surface area contributed by atoms with E-state index in [4.69, 9.17) is 32.7 Å². The molecule has 0 saturated carbocycles. The molecule has 0 bridgehead atoms. The minimum absolute atomic E-state index is 0.0332. The van der Waals surface area contributed by atoms with Crippen LogP contribution in [0.5, 0.6) is 0 Å². The molecule has 8 nitrogen and oxygen atoms in total. The number of nitrogens with zero attached hydrogens (tertiary/aromatic N) is 2. The summed E-state index contributed by atoms with van der Waals surface area (Å²) >= 11 is 12.0. The molecule has 186 valence electrons. The normalized spacial score (nSPS) is 22.7. The van der Waals surface area contributed by atoms with Crippen LogP contribution in [-0.2, 0) is 23.9 Å². The molecule has 2 aromatic carbocycles. The van der Waals surface area contributed by atoms with Gasteiger partial charge in [0.05, 0.1) is 13.2 Å². The number of benzene rings is 2. The zero-order valence-electron chi connectivity index (χ0n) is 19.2. The van der Waals surface area contributed by atoms with Gasteiger partial charge in [-0.3, -0.25) is 9.59 Å². The van der Waals surface area contributed by atoms with Gasteiger partial charge in [0, 0.05) is 29.6 Å². The second kappa shape index (κ2) is 10.5. The van der Waals surface area contributed by atoms with Gasteiger partial charge in [-0.25, -0.2) is 4.79 Å². The highest BCUT2D eigenvalue weighted by molar-refractivity contribution is 6.30. The van der Waals surface area contributed by atoms with Crippen LogP contribution in [0.25, 0.3) is 0 Å². The Kier molecular flexibility index (Phi) is 7.66. The van der Waals surface area contributed by atoms with Gasteiger partial charge in [0.1, 0.15) is 0 Å². The Bertz CT molecular complexity index is 1020. The minimum Gasteiger partial charge on any atom is -0.478 e. The maximum absolute atomic E-state index is 13.7. The smallest absolute Gasteiger partial charge is 0.351 e. The SMILES string of the molecule is CCCC(C(=O)O)(N1CCOC(c2ccc(Cl)cc2)C1=O)N1CCOC(c2ccc(Cl)cc2)C1=O. The van der Waals surface area contributed by atoms with E-state index in [0.29, 0.717) is 27.6 Å². The molecule has 2 unspecified atom stereocenters. The van der Waals surface area contributed by atoms with Crippen molar-refractivity contribution in [2.24, 2.45) is 0 Å². The molecule has 2 aliphatic heterocycles. The molecular formula is C25H26Cl2N2O6. The Balaban J connectivity index is 1.72. The van der Waals surface area contributed by atoms with Gasteiger partial charge in [0.2, 0.25) is 5.66 Å². The first-order valence-corrected chi connectivity index (χ1v) is 12.2. The Morgan fingerprint density at radius 3 is 1.63 bits per heavy atom. The molecule has 2 atom stereocenters. The molecule has 2 amide bonds. The van der Waals surface area contributed by atoms with Gasteiger partial charge in [-0.05, 0) is 35.4 Å². The van der Waals surface area contributed by atoms with Gasteiger partial charge in [-0.15, -0.1) is 0 Å². The molecule has 2 aromatic rings. The molecule has 10 heteroatoms. The second-order valence-electron chi connectivity index (χ2n) is 8.46. The molecule has 2 fully saturated rings. The number of hydrogen-bond acceptors (Lipinski definition) is 5. The van der Waals surface area contributed by atoms with Crippen LogP contribution >= 0.6 is 23.2 Å². The van der Waals surface area contributed by atoms with Crippen molar-refractivity contribution in [1.82, 2.24) is 9.80 Å². The van der Waals surface area contributed by atoms with E-state index in [-0.39, 0.29) is 32.7 Å². The highest BCUT2D eigenvalue weighted by Crippen LogP contribution is 2.37. The molecule has 0 spiro atoms. The van der Waals surface area contributed by atoms with Crippen LogP contribution in [0.4, 0.5) is 0 Å². The largest absolute Gasteiger partial charge is 0.478 e. The first kappa shape index (κ1) is 25.4. The summed E-state index contributed by atoms with van der Waals surface area (Å²) in [5.74, 6) is -2.30. The lowest BCUT2D eigenvalue weighted by atomic mass is 9.94. The van der Waals surface area contributed by atoms with E-state index in [9.17, 15) is 19.5 Å². The summed E-state index contributed by atoms with van der Waals surface area (Å²) in [7, 11) is 0. The highest BCUT2D eigenvalue weighted by Gasteiger charge is 2.56. The third kappa shape index (κ3) is 4.76. The molecule has 0 radical (unpaired) electrons. The van der Waals surface area contributed by atoms with Crippen LogP contribution in [0.15, 0.2) is 48.5 Å². The van der Waals surface area contributed by atoms with Crippen LogP contribution < -0.4 is 0 Å². The van der Waals surface area contributed by atoms with Crippen molar-refractivity contribution in [2.45, 2.75) is 37.6 Å². The summed E-state index contributed by atoms with van der Waals surface area (Å²) in [5, 5.41) is 11.6. The van der Waals surface area contributed by atoms with Gasteiger partial charge >= 0.3 is 5.97 Å². The number of morpholine rings is 2. The van der Waals surface area contributed by atoms with Crippen molar-refractivity contribution >= 4 is 41.0 Å². The first-order valence-electron chi connectivity index (χ1n) is 11.4. The average molecular weight is 521 g/mol. The Labute approximate surface area is 213 Å². The van der Waals surface area contributed by atoms with Crippen molar-refractivity contribution < 1.29 is 29.0 Å². The standard InChI is InChI=1S/C25H26Cl2N2O6/c1-2-11-25(24(32)33,28-12-14-34-20(22(28)30)16-3-7-18(26)8-4-16)29-13-15-35-21(23(29)31)17-5-9-19(27)10-6-17/h3-10,20-21H,2,11-15H2,1H3,(H,32,33). The van der Waals surface area contributed by atoms with Crippen molar-refractivity contribution in [3.05, 3.63) is 69.7 Å². The molecular weight excluding hydrogens is 495 g/mol. The van der Waals surface area contributed by atoms with Gasteiger partial charge in [-0.1, -0.05) is 60.8 Å². The van der Waals surface area contributed by atoms with E-state index in [1.54, 1.807) is 48.5 Å². The highest BCUT2D eigenvalue weighted by atomic mass is 35.5. The number of carbonyl (C=O) groups is 3. The predicted molar refractivity (Wildman–Crippen MR) is 129 cm³/mol. The third-order valence-electron chi connectivity index (χ3n) is 6.36. The van der Waals surface area contributed by atoms with E-state index < -0.39 is 35.7 Å². The summed E-state index contributed by atoms with van der Waals surface area (Å²) in [6.45, 7) is 2.13. The zero-order chi connectivity index (χ0) is 25.2. The fourth-order valence-corrected chi connectivity index (χ4v) is 5.01. The number of carboxylic acids is 1. The lowest BCUT2D eigenvalue weighted by molar-refractivity contribution is -0.204. The second-order valence-corrected chi connectivity index (χ2v) is 9.33. The lowest BCUT2D eigenvalue weighted by Gasteiger charge is -2.51. The van der Waals surface area contributed by atoms with Gasteiger partial charge in [-0.2, -0.15) is 0 Å². The summed E-state index contributed by atoms with van der Waals surface area (Å²) in [5.41, 5.74) is -0.759. The number of ether oxygens (including phenoxy) is 2. The summed E-state index contributed by atoms with van der Waals surface area (Å²) in [6.07, 6.45) is -1.51. The fourth-order valence-electron chi connectivity index (χ4n) is 4.76. The monoisotopic (exact) mass is 520 g/mol. The average Bonchev–Trinajstić information content (AvgIpc) is 2.84. The number of hydrogen-bond donors (Lipinski definition) is 1. The molecule has 0 aliphatic carbocycles. The first-order chi connectivity index (χ1) is 16.8. The summed E-state index contributed by atoms with van der Waals surface area (Å²) < 4.78 is 11.5. The van der Waals surface area contributed by atoms with E-state index in [0.717, 1.165) is 0 Å². The van der Waals surface area contributed by atoms with Crippen LogP contribution in [-0.4, -0.2) is 64.7 Å². The van der Waals surface area contributed by atoms with Crippen molar-refractivity contribution in [2.75, 3.05) is 26.3 Å². The van der Waals surface area contributed by atoms with E-state index >= 15 is 0 Å². The summed E-state index contributed by atoms with van der Waals surface area (Å²) in [6, 6.07) is 13.3. The zero-order valence-corrected chi connectivity index (χ0v) is 20.7. The van der Waals surface area contributed by atoms with Crippen molar-refractivity contribution in [3.63, 3.8) is 0 Å². The van der Waals surface area contributed by atoms with E-state index in [2.05, 4.69) is 0 Å². The third-order valence-corrected chi connectivity index (χ3v) is 6.86. The molecule has 2 aliphatic rings. The topological polar surface area (TPSA) is 96.4 Å². The van der Waals surface area contributed by atoms with Crippen LogP contribution in [0.1, 0.15) is 43.1 Å². The number of carboxylic acid groups (broad SMARTS) is 1. The van der Waals surface area contributed by atoms with E-state index in [1.165, 1.54) is 9.80 Å². The number of halogens is 2. The van der Waals surface area contributed by atoms with Gasteiger partial charge in [0.25, 0.3) is 11.8 Å². The predicted octanol–water partition coefficient (Wildman–Crippen LogP) is 4.07. The molecule has 1 N–H and O–H groups in total. The molecule has 2 saturated heterocycles. The Hall–Kier alpha value is -2.65. The van der Waals surface area contributed by atoms with Gasteiger partial charge < -0.3 is 24.4 Å². The fraction of sp³-hybridized carbons (Fsp3) is 0.400. The maximum atomic E-state index is 13.7. The van der Waals surface area contributed by atoms with Crippen molar-refractivity contribution in [3.8, 4) is 0 Å².